The summed E-state index contributed by atoms with van der Waals surface area (Å²) in [5.74, 6) is 0.972. The van der Waals surface area contributed by atoms with E-state index in [2.05, 4.69) is 14.9 Å². The molecule has 2 aliphatic heterocycles. The number of ether oxygens (including phenoxy) is 1. The number of fused-ring (bicyclic) bond motifs is 1. The number of carbonyl (C=O) groups is 1. The van der Waals surface area contributed by atoms with Gasteiger partial charge in [-0.2, -0.15) is 0 Å². The Morgan fingerprint density at radius 3 is 2.88 bits per heavy atom. The van der Waals surface area contributed by atoms with Gasteiger partial charge in [0.1, 0.15) is 5.52 Å². The second-order valence-corrected chi connectivity index (χ2v) is 6.51. The number of imidazole rings is 1. The molecule has 2 aromatic heterocycles. The maximum Gasteiger partial charge on any atom is 0.253 e. The van der Waals surface area contributed by atoms with E-state index in [1.807, 2.05) is 28.6 Å². The molecule has 7 nitrogen and oxygen atoms in total. The summed E-state index contributed by atoms with van der Waals surface area (Å²) >= 11 is 0. The molecule has 0 radical (unpaired) electrons. The van der Waals surface area contributed by atoms with Gasteiger partial charge >= 0.3 is 0 Å². The smallest absolute Gasteiger partial charge is 0.253 e. The van der Waals surface area contributed by atoms with Gasteiger partial charge < -0.3 is 14.5 Å². The fourth-order valence-electron chi connectivity index (χ4n) is 3.59. The number of aromatic nitrogens is 3. The molecule has 4 heterocycles. The third-order valence-electron chi connectivity index (χ3n) is 4.90. The summed E-state index contributed by atoms with van der Waals surface area (Å²) in [4.78, 5) is 25.9. The monoisotopic (exact) mass is 329 g/mol. The lowest BCUT2D eigenvalue weighted by molar-refractivity contribution is -0.145. The number of likely N-dealkylation sites (tertiary alicyclic amines) is 1. The van der Waals surface area contributed by atoms with Crippen LogP contribution in [0.25, 0.3) is 11.2 Å². The number of carbonyl (C=O) groups excluding carboxylic acids is 1. The van der Waals surface area contributed by atoms with Crippen molar-refractivity contribution in [2.45, 2.75) is 25.4 Å². The predicted molar refractivity (Wildman–Crippen MR) is 90.9 cm³/mol. The van der Waals surface area contributed by atoms with Crippen molar-refractivity contribution in [3.05, 3.63) is 18.3 Å². The minimum atomic E-state index is -0.398. The van der Waals surface area contributed by atoms with Gasteiger partial charge in [0.05, 0.1) is 13.2 Å². The molecule has 2 saturated heterocycles. The van der Waals surface area contributed by atoms with Crippen molar-refractivity contribution in [2.75, 3.05) is 37.7 Å². The quantitative estimate of drug-likeness (QED) is 0.828. The molecule has 0 aromatic carbocycles. The zero-order valence-corrected chi connectivity index (χ0v) is 14.0. The van der Waals surface area contributed by atoms with Crippen LogP contribution >= 0.6 is 0 Å². The highest BCUT2D eigenvalue weighted by molar-refractivity contribution is 5.82. The van der Waals surface area contributed by atoms with Crippen molar-refractivity contribution in [3.8, 4) is 0 Å². The molecule has 1 amide bonds. The molecule has 24 heavy (non-hydrogen) atoms. The first kappa shape index (κ1) is 15.4. The summed E-state index contributed by atoms with van der Waals surface area (Å²) in [5, 5.41) is 0. The Labute approximate surface area is 141 Å². The molecule has 2 fully saturated rings. The lowest BCUT2D eigenvalue weighted by Crippen LogP contribution is -2.52. The number of pyridine rings is 1. The van der Waals surface area contributed by atoms with Crippen LogP contribution < -0.4 is 4.90 Å². The predicted octanol–water partition coefficient (Wildman–Crippen LogP) is 1.19. The number of hydrogen-bond acceptors (Lipinski definition) is 5. The first-order chi connectivity index (χ1) is 11.7. The van der Waals surface area contributed by atoms with Crippen LogP contribution in [0.3, 0.4) is 0 Å². The van der Waals surface area contributed by atoms with Crippen molar-refractivity contribution in [1.82, 2.24) is 19.4 Å². The van der Waals surface area contributed by atoms with E-state index >= 15 is 0 Å². The van der Waals surface area contributed by atoms with Gasteiger partial charge in [-0.1, -0.05) is 0 Å². The van der Waals surface area contributed by atoms with Gasteiger partial charge in [-0.05, 0) is 31.4 Å². The van der Waals surface area contributed by atoms with Gasteiger partial charge in [0.25, 0.3) is 5.91 Å². The molecule has 1 unspecified atom stereocenters. The van der Waals surface area contributed by atoms with Crippen LogP contribution in [0.4, 0.5) is 5.95 Å². The maximum atomic E-state index is 12.7. The highest BCUT2D eigenvalue weighted by Crippen LogP contribution is 2.22. The Kier molecular flexibility index (Phi) is 4.10. The van der Waals surface area contributed by atoms with Crippen LogP contribution in [-0.2, 0) is 16.6 Å². The van der Waals surface area contributed by atoms with Crippen molar-refractivity contribution < 1.29 is 9.53 Å². The van der Waals surface area contributed by atoms with Crippen molar-refractivity contribution in [2.24, 2.45) is 7.05 Å². The number of anilines is 1. The van der Waals surface area contributed by atoms with Gasteiger partial charge in [0.2, 0.25) is 5.95 Å². The lowest BCUT2D eigenvalue weighted by Gasteiger charge is -2.36. The molecule has 128 valence electrons. The van der Waals surface area contributed by atoms with E-state index in [9.17, 15) is 4.79 Å². The van der Waals surface area contributed by atoms with Gasteiger partial charge in [-0.25, -0.2) is 9.97 Å². The minimum Gasteiger partial charge on any atom is -0.365 e. The van der Waals surface area contributed by atoms with Crippen LogP contribution in [0.1, 0.15) is 19.3 Å². The van der Waals surface area contributed by atoms with Crippen LogP contribution in [0.5, 0.6) is 0 Å². The highest BCUT2D eigenvalue weighted by atomic mass is 16.5. The molecule has 4 rings (SSSR count). The number of rotatable bonds is 2. The Morgan fingerprint density at radius 1 is 1.25 bits per heavy atom. The lowest BCUT2D eigenvalue weighted by atomic mass is 10.1. The molecule has 0 aliphatic carbocycles. The summed E-state index contributed by atoms with van der Waals surface area (Å²) < 4.78 is 7.76. The Balaban J connectivity index is 1.53. The van der Waals surface area contributed by atoms with Crippen LogP contribution in [0.15, 0.2) is 18.3 Å². The molecular weight excluding hydrogens is 306 g/mol. The third-order valence-corrected chi connectivity index (χ3v) is 4.90. The second kappa shape index (κ2) is 6.39. The Bertz CT molecular complexity index is 738. The summed E-state index contributed by atoms with van der Waals surface area (Å²) in [7, 11) is 1.97. The van der Waals surface area contributed by atoms with E-state index in [1.54, 1.807) is 6.20 Å². The SMILES string of the molecule is Cn1c(N2CCOC(C(=O)N3CCCCC3)C2)nc2cccnc21. The molecule has 0 saturated carbocycles. The molecule has 0 spiro atoms. The first-order valence-electron chi connectivity index (χ1n) is 8.67. The van der Waals surface area contributed by atoms with Gasteiger partial charge in [-0.15, -0.1) is 0 Å². The molecule has 7 heteroatoms. The zero-order valence-electron chi connectivity index (χ0n) is 14.0. The fourth-order valence-corrected chi connectivity index (χ4v) is 3.59. The van der Waals surface area contributed by atoms with E-state index < -0.39 is 6.10 Å². The average Bonchev–Trinajstić information content (AvgIpc) is 2.99. The standard InChI is InChI=1S/C17H23N5O2/c1-20-15-13(6-5-7-18-15)19-17(20)22-10-11-24-14(12-22)16(23)21-8-3-2-4-9-21/h5-7,14H,2-4,8-12H2,1H3. The summed E-state index contributed by atoms with van der Waals surface area (Å²) in [5.41, 5.74) is 1.73. The average molecular weight is 329 g/mol. The van der Waals surface area contributed by atoms with Crippen molar-refractivity contribution in [1.29, 1.82) is 0 Å². The normalized spacial score (nSPS) is 22.1. The number of nitrogens with zero attached hydrogens (tertiary/aromatic N) is 5. The number of aryl methyl sites for hydroxylation is 1. The summed E-state index contributed by atoms with van der Waals surface area (Å²) in [6, 6.07) is 3.85. The van der Waals surface area contributed by atoms with E-state index in [1.165, 1.54) is 6.42 Å². The summed E-state index contributed by atoms with van der Waals surface area (Å²) in [6.07, 6.45) is 4.78. The van der Waals surface area contributed by atoms with E-state index in [4.69, 9.17) is 4.74 Å². The molecule has 0 bridgehead atoms. The van der Waals surface area contributed by atoms with Gasteiger partial charge in [0, 0.05) is 32.9 Å². The molecular formula is C17H23N5O2. The van der Waals surface area contributed by atoms with Crippen LogP contribution in [0.2, 0.25) is 0 Å². The van der Waals surface area contributed by atoms with Crippen LogP contribution in [0, 0.1) is 0 Å². The van der Waals surface area contributed by atoms with Crippen molar-refractivity contribution >= 4 is 23.0 Å². The van der Waals surface area contributed by atoms with Crippen molar-refractivity contribution in [3.63, 3.8) is 0 Å². The fraction of sp³-hybridized carbons (Fsp3) is 0.588. The number of morpholine rings is 1. The topological polar surface area (TPSA) is 63.5 Å². The highest BCUT2D eigenvalue weighted by Gasteiger charge is 2.32. The first-order valence-corrected chi connectivity index (χ1v) is 8.67. The molecule has 1 atom stereocenters. The van der Waals surface area contributed by atoms with E-state index in [-0.39, 0.29) is 5.91 Å². The number of hydrogen-bond donors (Lipinski definition) is 0. The maximum absolute atomic E-state index is 12.7. The second-order valence-electron chi connectivity index (χ2n) is 6.51. The molecule has 0 N–H and O–H groups in total. The Morgan fingerprint density at radius 2 is 2.08 bits per heavy atom. The van der Waals surface area contributed by atoms with E-state index in [0.717, 1.165) is 49.6 Å². The van der Waals surface area contributed by atoms with Gasteiger partial charge in [-0.3, -0.25) is 9.36 Å². The summed E-state index contributed by atoms with van der Waals surface area (Å²) in [6.45, 7) is 3.54. The van der Waals surface area contributed by atoms with Gasteiger partial charge in [0.15, 0.2) is 11.8 Å². The third kappa shape index (κ3) is 2.73. The largest absolute Gasteiger partial charge is 0.365 e. The number of piperidine rings is 1. The Hall–Kier alpha value is -2.15. The zero-order chi connectivity index (χ0) is 16.5. The molecule has 2 aromatic rings. The number of amides is 1. The minimum absolute atomic E-state index is 0.122. The van der Waals surface area contributed by atoms with Crippen LogP contribution in [-0.4, -0.2) is 64.2 Å². The molecule has 2 aliphatic rings. The van der Waals surface area contributed by atoms with E-state index in [0.29, 0.717) is 13.2 Å².